The first-order chi connectivity index (χ1) is 13.8. The highest BCUT2D eigenvalue weighted by Crippen LogP contribution is 2.25. The number of nitrogens with one attached hydrogen (secondary N) is 1. The Bertz CT molecular complexity index is 777. The molecule has 2 nitrogen and oxygen atoms in total. The minimum absolute atomic E-state index is 0.0668. The summed E-state index contributed by atoms with van der Waals surface area (Å²) in [4.78, 5) is 0. The van der Waals surface area contributed by atoms with E-state index in [2.05, 4.69) is 84.7 Å². The predicted octanol–water partition coefficient (Wildman–Crippen LogP) is 5.16. The Morgan fingerprint density at radius 2 is 1.29 bits per heavy atom. The fourth-order valence-electron chi connectivity index (χ4n) is 3.72. The van der Waals surface area contributed by atoms with Crippen molar-refractivity contribution in [2.75, 3.05) is 6.61 Å². The third-order valence-corrected chi connectivity index (χ3v) is 5.21. The van der Waals surface area contributed by atoms with Gasteiger partial charge in [-0.05, 0) is 29.5 Å². The first-order valence-electron chi connectivity index (χ1n) is 9.93. The zero-order valence-corrected chi connectivity index (χ0v) is 16.2. The van der Waals surface area contributed by atoms with Crippen LogP contribution >= 0.6 is 0 Å². The van der Waals surface area contributed by atoms with Crippen molar-refractivity contribution >= 4 is 0 Å². The van der Waals surface area contributed by atoms with Crippen LogP contribution in [0.2, 0.25) is 0 Å². The number of aliphatic hydroxyl groups excluding tert-OH is 1. The van der Waals surface area contributed by atoms with Crippen LogP contribution in [0, 0.1) is 5.92 Å². The monoisotopic (exact) mass is 371 g/mol. The largest absolute Gasteiger partial charge is 0.396 e. The van der Waals surface area contributed by atoms with Crippen LogP contribution in [-0.4, -0.2) is 17.8 Å². The highest BCUT2D eigenvalue weighted by atomic mass is 16.3. The van der Waals surface area contributed by atoms with Gasteiger partial charge < -0.3 is 10.4 Å². The summed E-state index contributed by atoms with van der Waals surface area (Å²) in [5.41, 5.74) is 3.69. The molecule has 3 aromatic rings. The maximum Gasteiger partial charge on any atom is 0.0579 e. The minimum Gasteiger partial charge on any atom is -0.396 e. The van der Waals surface area contributed by atoms with Crippen LogP contribution in [0.15, 0.2) is 104 Å². The Balaban J connectivity index is 1.87. The van der Waals surface area contributed by atoms with E-state index >= 15 is 0 Å². The van der Waals surface area contributed by atoms with Crippen molar-refractivity contribution in [2.45, 2.75) is 24.9 Å². The number of benzene rings is 3. The molecular weight excluding hydrogens is 342 g/mol. The average molecular weight is 372 g/mol. The summed E-state index contributed by atoms with van der Waals surface area (Å²) in [6.07, 6.45) is 3.58. The van der Waals surface area contributed by atoms with Gasteiger partial charge in [-0.25, -0.2) is 0 Å². The van der Waals surface area contributed by atoms with E-state index in [1.807, 2.05) is 24.3 Å². The predicted molar refractivity (Wildman–Crippen MR) is 117 cm³/mol. The van der Waals surface area contributed by atoms with Crippen LogP contribution in [0.1, 0.15) is 29.2 Å². The fraction of sp³-hybridized carbons (Fsp3) is 0.231. The molecule has 2 heteroatoms. The van der Waals surface area contributed by atoms with Crippen LogP contribution in [0.5, 0.6) is 0 Å². The van der Waals surface area contributed by atoms with Gasteiger partial charge in [-0.2, -0.15) is 0 Å². The summed E-state index contributed by atoms with van der Waals surface area (Å²) >= 11 is 0. The average Bonchev–Trinajstić information content (AvgIpc) is 2.77. The van der Waals surface area contributed by atoms with Crippen molar-refractivity contribution in [2.24, 2.45) is 5.92 Å². The van der Waals surface area contributed by atoms with Crippen molar-refractivity contribution in [3.63, 3.8) is 0 Å². The second-order valence-electron chi connectivity index (χ2n) is 7.18. The van der Waals surface area contributed by atoms with Crippen molar-refractivity contribution in [1.29, 1.82) is 0 Å². The summed E-state index contributed by atoms with van der Waals surface area (Å²) < 4.78 is 0. The van der Waals surface area contributed by atoms with E-state index in [-0.39, 0.29) is 24.6 Å². The number of rotatable bonds is 10. The summed E-state index contributed by atoms with van der Waals surface area (Å²) in [6.45, 7) is 4.09. The smallest absolute Gasteiger partial charge is 0.0579 e. The third-order valence-electron chi connectivity index (χ3n) is 5.21. The Kier molecular flexibility index (Phi) is 7.60. The van der Waals surface area contributed by atoms with E-state index < -0.39 is 0 Å². The molecule has 0 aromatic heterocycles. The van der Waals surface area contributed by atoms with Crippen LogP contribution in [-0.2, 0) is 6.42 Å². The van der Waals surface area contributed by atoms with E-state index in [4.69, 9.17) is 0 Å². The van der Waals surface area contributed by atoms with E-state index in [1.54, 1.807) is 0 Å². The van der Waals surface area contributed by atoms with Gasteiger partial charge in [-0.1, -0.05) is 97.1 Å². The molecule has 144 valence electrons. The first kappa shape index (κ1) is 20.1. The Labute approximate surface area is 168 Å². The normalized spacial score (nSPS) is 13.2. The van der Waals surface area contributed by atoms with Crippen LogP contribution < -0.4 is 5.32 Å². The summed E-state index contributed by atoms with van der Waals surface area (Å²) in [7, 11) is 0. The molecule has 0 aliphatic rings. The standard InChI is InChI=1S/C26H29NO/c1-2-12-25(24(20-28)19-21-13-6-3-7-14-21)27-26(22-15-8-4-9-16-22)23-17-10-5-11-18-23/h2-11,13-18,24-28H,1,12,19-20H2/t24-,25-/m0/s1. The summed E-state index contributed by atoms with van der Waals surface area (Å²) in [6, 6.07) is 31.5. The SMILES string of the molecule is C=CC[C@H](NC(c1ccccc1)c1ccccc1)[C@H](CO)Cc1ccccc1. The lowest BCUT2D eigenvalue weighted by Crippen LogP contribution is -2.41. The molecule has 0 spiro atoms. The Morgan fingerprint density at radius 3 is 1.75 bits per heavy atom. The second kappa shape index (κ2) is 10.6. The van der Waals surface area contributed by atoms with Crippen LogP contribution in [0.4, 0.5) is 0 Å². The maximum atomic E-state index is 10.2. The third kappa shape index (κ3) is 5.41. The molecule has 3 aromatic carbocycles. The molecule has 0 heterocycles. The van der Waals surface area contributed by atoms with E-state index in [9.17, 15) is 5.11 Å². The van der Waals surface area contributed by atoms with E-state index in [0.717, 1.165) is 12.8 Å². The van der Waals surface area contributed by atoms with Crippen LogP contribution in [0.25, 0.3) is 0 Å². The Hall–Kier alpha value is -2.68. The number of hydrogen-bond donors (Lipinski definition) is 2. The van der Waals surface area contributed by atoms with Gasteiger partial charge in [0.05, 0.1) is 6.04 Å². The molecule has 0 fully saturated rings. The van der Waals surface area contributed by atoms with Gasteiger partial charge in [0.1, 0.15) is 0 Å². The fourth-order valence-corrected chi connectivity index (χ4v) is 3.72. The molecule has 0 aliphatic heterocycles. The molecule has 0 amide bonds. The second-order valence-corrected chi connectivity index (χ2v) is 7.18. The molecule has 0 radical (unpaired) electrons. The lowest BCUT2D eigenvalue weighted by atomic mass is 9.88. The minimum atomic E-state index is 0.0668. The zero-order chi connectivity index (χ0) is 19.6. The lowest BCUT2D eigenvalue weighted by Gasteiger charge is -2.31. The van der Waals surface area contributed by atoms with Gasteiger partial charge >= 0.3 is 0 Å². The first-order valence-corrected chi connectivity index (χ1v) is 9.93. The lowest BCUT2D eigenvalue weighted by molar-refractivity contribution is 0.184. The highest BCUT2D eigenvalue weighted by Gasteiger charge is 2.25. The molecule has 28 heavy (non-hydrogen) atoms. The van der Waals surface area contributed by atoms with Gasteiger partial charge in [-0.3, -0.25) is 0 Å². The zero-order valence-electron chi connectivity index (χ0n) is 16.2. The molecule has 2 N–H and O–H groups in total. The number of hydrogen-bond acceptors (Lipinski definition) is 2. The Morgan fingerprint density at radius 1 is 0.786 bits per heavy atom. The molecule has 0 bridgehead atoms. The van der Waals surface area contributed by atoms with Crippen molar-refractivity contribution in [1.82, 2.24) is 5.32 Å². The number of aliphatic hydroxyl groups is 1. The van der Waals surface area contributed by atoms with Gasteiger partial charge in [0.25, 0.3) is 0 Å². The van der Waals surface area contributed by atoms with Gasteiger partial charge in [-0.15, -0.1) is 6.58 Å². The van der Waals surface area contributed by atoms with Crippen molar-refractivity contribution < 1.29 is 5.11 Å². The van der Waals surface area contributed by atoms with Crippen molar-refractivity contribution in [3.05, 3.63) is 120 Å². The molecule has 0 saturated heterocycles. The molecule has 0 unspecified atom stereocenters. The van der Waals surface area contributed by atoms with E-state index in [1.165, 1.54) is 16.7 Å². The van der Waals surface area contributed by atoms with E-state index in [0.29, 0.717) is 0 Å². The summed E-state index contributed by atoms with van der Waals surface area (Å²) in [5, 5.41) is 14.0. The molecule has 0 aliphatic carbocycles. The maximum absolute atomic E-state index is 10.2. The van der Waals surface area contributed by atoms with Gasteiger partial charge in [0.15, 0.2) is 0 Å². The van der Waals surface area contributed by atoms with Crippen LogP contribution in [0.3, 0.4) is 0 Å². The quantitative estimate of drug-likeness (QED) is 0.482. The van der Waals surface area contributed by atoms with Gasteiger partial charge in [0, 0.05) is 18.6 Å². The molecule has 0 saturated carbocycles. The van der Waals surface area contributed by atoms with Crippen molar-refractivity contribution in [3.8, 4) is 0 Å². The topological polar surface area (TPSA) is 32.3 Å². The molecular formula is C26H29NO. The molecule has 2 atom stereocenters. The highest BCUT2D eigenvalue weighted by molar-refractivity contribution is 5.32. The van der Waals surface area contributed by atoms with Gasteiger partial charge in [0.2, 0.25) is 0 Å². The summed E-state index contributed by atoms with van der Waals surface area (Å²) in [5.74, 6) is 0.107. The molecule has 3 rings (SSSR count).